The van der Waals surface area contributed by atoms with Crippen LogP contribution in [0.3, 0.4) is 0 Å². The van der Waals surface area contributed by atoms with Gasteiger partial charge in [-0.25, -0.2) is 19.5 Å². The molecule has 0 unspecified atom stereocenters. The molecule has 0 spiro atoms. The largest absolute Gasteiger partial charge is 0.383 e. The van der Waals surface area contributed by atoms with Crippen LogP contribution in [0.2, 0.25) is 0 Å². The normalized spacial score (nSPS) is 11.7. The Labute approximate surface area is 157 Å². The first-order chi connectivity index (χ1) is 13.1. The summed E-state index contributed by atoms with van der Waals surface area (Å²) >= 11 is 0. The number of pyridine rings is 1. The molecule has 0 atom stereocenters. The molecule has 4 aromatic rings. The van der Waals surface area contributed by atoms with Crippen LogP contribution < -0.4 is 5.32 Å². The zero-order chi connectivity index (χ0) is 19.0. The highest BCUT2D eigenvalue weighted by Gasteiger charge is 2.13. The number of hydrogen-bond acceptors (Lipinski definition) is 6. The summed E-state index contributed by atoms with van der Waals surface area (Å²) in [5.74, 6) is 1.54. The molecule has 0 aliphatic carbocycles. The number of nitrogens with one attached hydrogen (secondary N) is 1. The van der Waals surface area contributed by atoms with Gasteiger partial charge in [0.25, 0.3) is 0 Å². The van der Waals surface area contributed by atoms with Gasteiger partial charge in [0.05, 0.1) is 24.0 Å². The van der Waals surface area contributed by atoms with Gasteiger partial charge in [-0.3, -0.25) is 0 Å². The molecule has 0 radical (unpaired) electrons. The van der Waals surface area contributed by atoms with Gasteiger partial charge in [0.1, 0.15) is 11.3 Å². The summed E-state index contributed by atoms with van der Waals surface area (Å²) in [7, 11) is 1.70. The van der Waals surface area contributed by atoms with Crippen molar-refractivity contribution in [1.82, 2.24) is 29.1 Å². The van der Waals surface area contributed by atoms with Crippen LogP contribution in [0.15, 0.2) is 30.6 Å². The molecule has 0 bridgehead atoms. The van der Waals surface area contributed by atoms with Crippen LogP contribution in [0.1, 0.15) is 19.7 Å². The monoisotopic (exact) mass is 365 g/mol. The first-order valence-corrected chi connectivity index (χ1v) is 9.01. The van der Waals surface area contributed by atoms with Gasteiger partial charge in [0.15, 0.2) is 5.65 Å². The fourth-order valence-corrected chi connectivity index (χ4v) is 3.16. The molecule has 0 saturated heterocycles. The van der Waals surface area contributed by atoms with Crippen molar-refractivity contribution in [1.29, 1.82) is 0 Å². The van der Waals surface area contributed by atoms with Crippen molar-refractivity contribution in [3.63, 3.8) is 0 Å². The maximum atomic E-state index is 5.22. The van der Waals surface area contributed by atoms with E-state index >= 15 is 0 Å². The van der Waals surface area contributed by atoms with Gasteiger partial charge in [0, 0.05) is 31.5 Å². The second-order valence-electron chi connectivity index (χ2n) is 6.78. The Balaban J connectivity index is 1.77. The molecule has 0 aromatic carbocycles. The minimum absolute atomic E-state index is 0.275. The highest BCUT2D eigenvalue weighted by molar-refractivity contribution is 5.82. The molecule has 8 heteroatoms. The van der Waals surface area contributed by atoms with Gasteiger partial charge >= 0.3 is 0 Å². The molecule has 4 heterocycles. The number of rotatable bonds is 6. The van der Waals surface area contributed by atoms with Crippen LogP contribution in [0, 0.1) is 6.92 Å². The van der Waals surface area contributed by atoms with Crippen LogP contribution in [-0.2, 0) is 11.3 Å². The zero-order valence-electron chi connectivity index (χ0n) is 16.0. The predicted octanol–water partition coefficient (Wildman–Crippen LogP) is 2.92. The standard InChI is InChI=1S/C19H23N7O/c1-12(2)21-19-20-11-17-14(7-8-26(17)24-19)15-5-6-16-18(23-15)25(9-10-27-4)13(3)22-16/h5-8,11-12H,9-10H2,1-4H3,(H,21,24). The lowest BCUT2D eigenvalue weighted by Gasteiger charge is -2.08. The van der Waals surface area contributed by atoms with Crippen molar-refractivity contribution in [3.8, 4) is 11.3 Å². The van der Waals surface area contributed by atoms with Gasteiger partial charge in [-0.05, 0) is 39.0 Å². The summed E-state index contributed by atoms with van der Waals surface area (Å²) < 4.78 is 9.13. The number of hydrogen-bond donors (Lipinski definition) is 1. The Morgan fingerprint density at radius 1 is 1.19 bits per heavy atom. The fourth-order valence-electron chi connectivity index (χ4n) is 3.16. The molecular weight excluding hydrogens is 342 g/mol. The van der Waals surface area contributed by atoms with Crippen molar-refractivity contribution in [2.45, 2.75) is 33.4 Å². The van der Waals surface area contributed by atoms with E-state index in [0.29, 0.717) is 12.6 Å². The summed E-state index contributed by atoms with van der Waals surface area (Å²) in [6, 6.07) is 6.29. The Morgan fingerprint density at radius 3 is 2.81 bits per heavy atom. The van der Waals surface area contributed by atoms with E-state index in [1.54, 1.807) is 7.11 Å². The molecular formula is C19H23N7O. The predicted molar refractivity (Wildman–Crippen MR) is 105 cm³/mol. The van der Waals surface area contributed by atoms with Gasteiger partial charge in [-0.15, -0.1) is 5.10 Å². The number of fused-ring (bicyclic) bond motifs is 2. The molecule has 0 aliphatic rings. The lowest BCUT2D eigenvalue weighted by Crippen LogP contribution is -2.13. The van der Waals surface area contributed by atoms with Crippen LogP contribution in [-0.4, -0.2) is 48.9 Å². The maximum Gasteiger partial charge on any atom is 0.241 e. The second kappa shape index (κ2) is 6.96. The van der Waals surface area contributed by atoms with E-state index in [-0.39, 0.29) is 6.04 Å². The van der Waals surface area contributed by atoms with Gasteiger partial charge < -0.3 is 14.6 Å². The molecule has 1 N–H and O–H groups in total. The third kappa shape index (κ3) is 3.23. The Morgan fingerprint density at radius 2 is 2.04 bits per heavy atom. The molecule has 4 aromatic heterocycles. The van der Waals surface area contributed by atoms with Crippen LogP contribution in [0.25, 0.3) is 27.9 Å². The van der Waals surface area contributed by atoms with Gasteiger partial charge in [-0.1, -0.05) is 0 Å². The van der Waals surface area contributed by atoms with Crippen molar-refractivity contribution in [3.05, 3.63) is 36.4 Å². The molecule has 0 aliphatic heterocycles. The third-order valence-electron chi connectivity index (χ3n) is 4.41. The number of anilines is 1. The average molecular weight is 365 g/mol. The SMILES string of the molecule is COCCn1c(C)nc2ccc(-c3ccn4nc(NC(C)C)ncc34)nc21. The molecule has 0 fully saturated rings. The van der Waals surface area contributed by atoms with E-state index in [9.17, 15) is 0 Å². The van der Waals surface area contributed by atoms with E-state index in [4.69, 9.17) is 9.72 Å². The van der Waals surface area contributed by atoms with Crippen molar-refractivity contribution >= 4 is 22.6 Å². The highest BCUT2D eigenvalue weighted by atomic mass is 16.5. The average Bonchev–Trinajstić information content (AvgIpc) is 3.19. The summed E-state index contributed by atoms with van der Waals surface area (Å²) in [6.07, 6.45) is 3.75. The number of aromatic nitrogens is 6. The van der Waals surface area contributed by atoms with E-state index in [1.165, 1.54) is 0 Å². The minimum atomic E-state index is 0.275. The molecule has 140 valence electrons. The fraction of sp³-hybridized carbons (Fsp3) is 0.368. The number of nitrogens with zero attached hydrogens (tertiary/aromatic N) is 6. The number of ether oxygens (including phenoxy) is 1. The van der Waals surface area contributed by atoms with E-state index in [2.05, 4.69) is 38.8 Å². The third-order valence-corrected chi connectivity index (χ3v) is 4.41. The van der Waals surface area contributed by atoms with E-state index < -0.39 is 0 Å². The maximum absolute atomic E-state index is 5.22. The highest BCUT2D eigenvalue weighted by Crippen LogP contribution is 2.26. The van der Waals surface area contributed by atoms with E-state index in [1.807, 2.05) is 42.0 Å². The summed E-state index contributed by atoms with van der Waals surface area (Å²) in [5.41, 5.74) is 4.52. The van der Waals surface area contributed by atoms with Gasteiger partial charge in [-0.2, -0.15) is 0 Å². The topological polar surface area (TPSA) is 82.2 Å². The van der Waals surface area contributed by atoms with Crippen LogP contribution >= 0.6 is 0 Å². The summed E-state index contributed by atoms with van der Waals surface area (Å²) in [5, 5.41) is 7.74. The van der Waals surface area contributed by atoms with E-state index in [0.717, 1.165) is 40.3 Å². The van der Waals surface area contributed by atoms with Crippen molar-refractivity contribution in [2.75, 3.05) is 19.0 Å². The van der Waals surface area contributed by atoms with Crippen LogP contribution in [0.5, 0.6) is 0 Å². The lowest BCUT2D eigenvalue weighted by molar-refractivity contribution is 0.187. The number of methoxy groups -OCH3 is 1. The number of imidazole rings is 1. The van der Waals surface area contributed by atoms with Crippen LogP contribution in [0.4, 0.5) is 5.95 Å². The summed E-state index contributed by atoms with van der Waals surface area (Å²) in [4.78, 5) is 13.9. The lowest BCUT2D eigenvalue weighted by atomic mass is 10.2. The molecule has 4 rings (SSSR count). The second-order valence-corrected chi connectivity index (χ2v) is 6.78. The van der Waals surface area contributed by atoms with Crippen molar-refractivity contribution < 1.29 is 4.74 Å². The smallest absolute Gasteiger partial charge is 0.241 e. The molecule has 8 nitrogen and oxygen atoms in total. The Hall–Kier alpha value is -3.00. The quantitative estimate of drug-likeness (QED) is 0.566. The minimum Gasteiger partial charge on any atom is -0.383 e. The molecule has 0 amide bonds. The Kier molecular flexibility index (Phi) is 4.49. The first kappa shape index (κ1) is 17.4. The molecule has 0 saturated carbocycles. The molecule has 27 heavy (non-hydrogen) atoms. The first-order valence-electron chi connectivity index (χ1n) is 9.01. The summed E-state index contributed by atoms with van der Waals surface area (Å²) in [6.45, 7) is 7.44. The Bertz CT molecular complexity index is 1100. The number of aryl methyl sites for hydroxylation is 1. The van der Waals surface area contributed by atoms with Crippen molar-refractivity contribution in [2.24, 2.45) is 0 Å². The van der Waals surface area contributed by atoms with Gasteiger partial charge in [0.2, 0.25) is 5.95 Å². The zero-order valence-corrected chi connectivity index (χ0v) is 16.0.